The number of rotatable bonds is 0. The zero-order valence-corrected chi connectivity index (χ0v) is 44.4. The minimum atomic E-state index is 0. The molecule has 0 N–H and O–H groups in total. The summed E-state index contributed by atoms with van der Waals surface area (Å²) in [4.78, 5) is 0. The molecule has 1 unspecified atom stereocenters. The average Bonchev–Trinajstić information content (AvgIpc) is 3.79. The third kappa shape index (κ3) is 13.8. The van der Waals surface area contributed by atoms with Crippen LogP contribution in [0.3, 0.4) is 0 Å². The Morgan fingerprint density at radius 3 is 1.46 bits per heavy atom. The summed E-state index contributed by atoms with van der Waals surface area (Å²) in [5.74, 6) is 0.522. The van der Waals surface area contributed by atoms with Gasteiger partial charge in [-0.3, -0.25) is 6.08 Å². The van der Waals surface area contributed by atoms with Crippen LogP contribution in [0.15, 0.2) is 103 Å². The van der Waals surface area contributed by atoms with E-state index in [4.69, 9.17) is 0 Å². The molecule has 328 valence electrons. The molecule has 8 rings (SSSR count). The third-order valence-electron chi connectivity index (χ3n) is 12.1. The standard InChI is InChI=1S/C27H29.C10H15.2C10H13.CH2.2ClH.Zr/c1-16-7-9-26(3,4)24-12-18-11-19-13-25-21(17(2)8-10-27(25,5)6)15-23(19)22(18)14-20(16)24;1-8-5-6-9(7-8)10(2,3)4;2*1-10(2,3)9-7-5-4-6-8-9;;;;/h7-9,12-15H,10-11H2,1-6H3;6-8H,1-4H3;2*5-8H,1-3H3;1H2;2*1H;/q4*-1;;;;. The molecule has 0 spiro atoms. The summed E-state index contributed by atoms with van der Waals surface area (Å²) < 4.78 is 3.34. The first-order chi connectivity index (χ1) is 27.4. The normalized spacial score (nSPS) is 17.0. The van der Waals surface area contributed by atoms with E-state index in [1.54, 1.807) is 0 Å². The second kappa shape index (κ2) is 21.6. The molecule has 1 atom stereocenters. The number of fused-ring (bicyclic) bond motifs is 5. The zero-order chi connectivity index (χ0) is 44.1. The summed E-state index contributed by atoms with van der Waals surface area (Å²) in [7, 11) is 0. The Morgan fingerprint density at radius 2 is 1.08 bits per heavy atom. The van der Waals surface area contributed by atoms with Crippen LogP contribution in [0.5, 0.6) is 0 Å². The van der Waals surface area contributed by atoms with Crippen LogP contribution in [0.25, 0.3) is 22.3 Å². The molecular weight excluding hydrogens is 859 g/mol. The monoisotopic (exact) mass is 930 g/mol. The molecular formula is C58H74Cl2Zr-4. The van der Waals surface area contributed by atoms with Gasteiger partial charge >= 0.3 is 28.4 Å². The average molecular weight is 933 g/mol. The van der Waals surface area contributed by atoms with Crippen LogP contribution in [-0.2, 0) is 52.3 Å². The molecule has 3 heteroatoms. The Labute approximate surface area is 401 Å². The molecule has 0 saturated carbocycles. The summed E-state index contributed by atoms with van der Waals surface area (Å²) in [6.45, 7) is 36.1. The zero-order valence-electron chi connectivity index (χ0n) is 40.3. The van der Waals surface area contributed by atoms with Gasteiger partial charge in [0.15, 0.2) is 0 Å². The van der Waals surface area contributed by atoms with Crippen molar-refractivity contribution >= 4 is 40.2 Å². The molecule has 61 heavy (non-hydrogen) atoms. The van der Waals surface area contributed by atoms with Crippen LogP contribution in [0.1, 0.15) is 162 Å². The van der Waals surface area contributed by atoms with Gasteiger partial charge in [0.05, 0.1) is 0 Å². The molecule has 0 saturated heterocycles. The van der Waals surface area contributed by atoms with Gasteiger partial charge in [0.2, 0.25) is 0 Å². The maximum atomic E-state index is 3.34. The second-order valence-corrected chi connectivity index (χ2v) is 21.0. The minimum absolute atomic E-state index is 0. The summed E-state index contributed by atoms with van der Waals surface area (Å²) in [5, 5.41) is 0. The van der Waals surface area contributed by atoms with Gasteiger partial charge in [-0.1, -0.05) is 144 Å². The van der Waals surface area contributed by atoms with Gasteiger partial charge in [-0.05, 0) is 81.0 Å². The fraction of sp³-hybridized carbons (Fsp3) is 0.414. The number of hydrogen-bond donors (Lipinski definition) is 0. The van der Waals surface area contributed by atoms with Gasteiger partial charge < -0.3 is 0 Å². The van der Waals surface area contributed by atoms with Crippen LogP contribution in [0.4, 0.5) is 0 Å². The molecule has 0 heterocycles. The summed E-state index contributed by atoms with van der Waals surface area (Å²) in [6, 6.07) is 32.2. The summed E-state index contributed by atoms with van der Waals surface area (Å²) in [6.07, 6.45) is 16.9. The van der Waals surface area contributed by atoms with Crippen molar-refractivity contribution in [1.82, 2.24) is 0 Å². The van der Waals surface area contributed by atoms with E-state index in [-0.39, 0.29) is 46.5 Å². The second-order valence-electron chi connectivity index (χ2n) is 21.0. The van der Waals surface area contributed by atoms with Crippen LogP contribution in [0, 0.1) is 36.0 Å². The van der Waals surface area contributed by atoms with Gasteiger partial charge in [0.25, 0.3) is 0 Å². The molecule has 0 fully saturated rings. The first kappa shape index (κ1) is 54.2. The molecule has 4 aliphatic rings. The summed E-state index contributed by atoms with van der Waals surface area (Å²) in [5.41, 5.74) is 20.0. The molecule has 0 amide bonds. The van der Waals surface area contributed by atoms with E-state index in [1.165, 1.54) is 96.6 Å². The van der Waals surface area contributed by atoms with Crippen molar-refractivity contribution in [2.24, 2.45) is 11.3 Å². The van der Waals surface area contributed by atoms with Gasteiger partial charge in [0, 0.05) is 0 Å². The Hall–Kier alpha value is -2.96. The molecule has 4 aliphatic carbocycles. The van der Waals surface area contributed by atoms with Crippen LogP contribution in [0.2, 0.25) is 0 Å². The van der Waals surface area contributed by atoms with Crippen LogP contribution >= 0.6 is 24.8 Å². The molecule has 0 nitrogen and oxygen atoms in total. The Bertz CT molecular complexity index is 2060. The molecule has 0 aromatic heterocycles. The van der Waals surface area contributed by atoms with Crippen molar-refractivity contribution in [2.75, 3.05) is 0 Å². The van der Waals surface area contributed by atoms with Crippen molar-refractivity contribution in [2.45, 2.75) is 145 Å². The SMILES string of the molecule is CC(C)(C)c1cc[c-]cc1.CC(C)(C)c1cc[c-]cc1.CC1=C[CH-]C(C)(C)c2cc3c(cc21)-c1cc2c(cc1C3)C(C)(C)CC=C2C.CC1[C-]=CC(C(C)(C)C)=C1.Cl.Cl.[CH2]=[Zr]. The Morgan fingerprint density at radius 1 is 0.639 bits per heavy atom. The number of halogens is 2. The predicted molar refractivity (Wildman–Crippen MR) is 271 cm³/mol. The van der Waals surface area contributed by atoms with E-state index < -0.39 is 0 Å². The van der Waals surface area contributed by atoms with E-state index in [1.807, 2.05) is 24.3 Å². The third-order valence-corrected chi connectivity index (χ3v) is 12.1. The fourth-order valence-corrected chi connectivity index (χ4v) is 8.00. The molecule has 0 radical (unpaired) electrons. The molecule has 0 aliphatic heterocycles. The van der Waals surface area contributed by atoms with Crippen molar-refractivity contribution in [3.63, 3.8) is 0 Å². The van der Waals surface area contributed by atoms with E-state index in [0.717, 1.165) is 12.8 Å². The van der Waals surface area contributed by atoms with E-state index in [0.29, 0.717) is 11.3 Å². The van der Waals surface area contributed by atoms with Gasteiger partial charge in [-0.25, -0.2) is 18.6 Å². The first-order valence-corrected chi connectivity index (χ1v) is 23.3. The van der Waals surface area contributed by atoms with Crippen LogP contribution < -0.4 is 0 Å². The topological polar surface area (TPSA) is 0 Å². The van der Waals surface area contributed by atoms with Gasteiger partial charge in [-0.2, -0.15) is 89.0 Å². The first-order valence-electron chi connectivity index (χ1n) is 21.5. The Balaban J connectivity index is 0.000000314. The summed E-state index contributed by atoms with van der Waals surface area (Å²) >= 11 is 1.30. The van der Waals surface area contributed by atoms with Gasteiger partial charge in [-0.15, -0.1) is 37.3 Å². The number of allylic oxidation sites excluding steroid dienone is 8. The Kier molecular flexibility index (Phi) is 19.2. The number of benzene rings is 4. The van der Waals surface area contributed by atoms with E-state index in [2.05, 4.69) is 212 Å². The number of hydrogen-bond acceptors (Lipinski definition) is 0. The van der Waals surface area contributed by atoms with Crippen molar-refractivity contribution in [3.05, 3.63) is 172 Å². The molecule has 4 aromatic rings. The molecule has 4 aromatic carbocycles. The predicted octanol–water partition coefficient (Wildman–Crippen LogP) is 16.6. The van der Waals surface area contributed by atoms with E-state index >= 15 is 0 Å². The maximum absolute atomic E-state index is 3.34. The van der Waals surface area contributed by atoms with Crippen molar-refractivity contribution in [1.29, 1.82) is 0 Å². The molecule has 0 bridgehead atoms. The van der Waals surface area contributed by atoms with Crippen LogP contribution in [-0.4, -0.2) is 4.21 Å². The fourth-order valence-electron chi connectivity index (χ4n) is 8.00. The van der Waals surface area contributed by atoms with E-state index in [9.17, 15) is 0 Å². The quantitative estimate of drug-likeness (QED) is 0.136. The van der Waals surface area contributed by atoms with Gasteiger partial charge in [0.1, 0.15) is 0 Å². The van der Waals surface area contributed by atoms with Crippen molar-refractivity contribution < 1.29 is 24.2 Å². The van der Waals surface area contributed by atoms with Crippen molar-refractivity contribution in [3.8, 4) is 11.1 Å².